The topological polar surface area (TPSA) is 38.8 Å². The van der Waals surface area contributed by atoms with Gasteiger partial charge >= 0.3 is 0 Å². The van der Waals surface area contributed by atoms with Gasteiger partial charge in [0, 0.05) is 29.7 Å². The van der Waals surface area contributed by atoms with E-state index in [9.17, 15) is 4.79 Å². The van der Waals surface area contributed by atoms with Gasteiger partial charge in [0.2, 0.25) is 0 Å². The fourth-order valence-electron chi connectivity index (χ4n) is 3.00. The lowest BCUT2D eigenvalue weighted by atomic mass is 10.0. The van der Waals surface area contributed by atoms with Crippen molar-refractivity contribution < 1.29 is 14.3 Å². The molecule has 2 atom stereocenters. The normalized spacial score (nSPS) is 27.9. The number of nitrogens with zero attached hydrogens (tertiary/aromatic N) is 1. The van der Waals surface area contributed by atoms with E-state index < -0.39 is 5.79 Å². The molecule has 0 spiro atoms. The third-order valence-electron chi connectivity index (χ3n) is 4.17. The first kappa shape index (κ1) is 15.8. The molecule has 2 fully saturated rings. The van der Waals surface area contributed by atoms with Crippen molar-refractivity contribution >= 4 is 17.7 Å². The zero-order chi connectivity index (χ0) is 15.7. The van der Waals surface area contributed by atoms with Gasteiger partial charge < -0.3 is 14.4 Å². The van der Waals surface area contributed by atoms with Crippen LogP contribution in [-0.2, 0) is 9.47 Å². The van der Waals surface area contributed by atoms with Crippen LogP contribution in [0.15, 0.2) is 24.3 Å². The van der Waals surface area contributed by atoms with E-state index in [2.05, 4.69) is 6.92 Å². The van der Waals surface area contributed by atoms with Crippen molar-refractivity contribution in [1.29, 1.82) is 0 Å². The summed E-state index contributed by atoms with van der Waals surface area (Å²) >= 11 is 1.91. The molecule has 5 heteroatoms. The molecule has 120 valence electrons. The summed E-state index contributed by atoms with van der Waals surface area (Å²) in [6.07, 6.45) is -0.176. The zero-order valence-corrected chi connectivity index (χ0v) is 14.2. The van der Waals surface area contributed by atoms with Crippen molar-refractivity contribution in [3.8, 4) is 0 Å². The predicted molar refractivity (Wildman–Crippen MR) is 88.1 cm³/mol. The van der Waals surface area contributed by atoms with Crippen LogP contribution in [0, 0.1) is 0 Å². The van der Waals surface area contributed by atoms with Gasteiger partial charge in [-0.05, 0) is 32.4 Å². The zero-order valence-electron chi connectivity index (χ0n) is 13.4. The van der Waals surface area contributed by atoms with E-state index in [0.29, 0.717) is 6.61 Å². The average Bonchev–Trinajstić information content (AvgIpc) is 2.87. The molecule has 2 aliphatic rings. The summed E-state index contributed by atoms with van der Waals surface area (Å²) in [5, 5.41) is 0. The summed E-state index contributed by atoms with van der Waals surface area (Å²) in [6, 6.07) is 8.03. The lowest BCUT2D eigenvalue weighted by Crippen LogP contribution is -2.44. The second kappa shape index (κ2) is 6.22. The predicted octanol–water partition coefficient (Wildman–Crippen LogP) is 3.09. The summed E-state index contributed by atoms with van der Waals surface area (Å²) in [4.78, 5) is 15.0. The maximum absolute atomic E-state index is 13.0. The van der Waals surface area contributed by atoms with E-state index in [-0.39, 0.29) is 18.1 Å². The number of hydrogen-bond donors (Lipinski definition) is 0. The molecule has 3 rings (SSSR count). The van der Waals surface area contributed by atoms with Gasteiger partial charge in [0.25, 0.3) is 5.91 Å². The highest BCUT2D eigenvalue weighted by atomic mass is 32.2. The van der Waals surface area contributed by atoms with E-state index in [1.165, 1.54) is 0 Å². The van der Waals surface area contributed by atoms with Crippen LogP contribution in [0.4, 0.5) is 0 Å². The maximum Gasteiger partial charge on any atom is 0.254 e. The molecule has 1 aromatic rings. The van der Waals surface area contributed by atoms with Gasteiger partial charge in [0.1, 0.15) is 6.10 Å². The maximum atomic E-state index is 13.0. The van der Waals surface area contributed by atoms with Crippen molar-refractivity contribution in [3.05, 3.63) is 35.4 Å². The van der Waals surface area contributed by atoms with E-state index in [4.69, 9.17) is 9.47 Å². The Balaban J connectivity index is 1.86. The second-order valence-electron chi connectivity index (χ2n) is 6.33. The Hall–Kier alpha value is -1.04. The molecule has 1 amide bonds. The molecule has 4 nitrogen and oxygen atoms in total. The number of carbonyl (C=O) groups is 1. The van der Waals surface area contributed by atoms with Gasteiger partial charge in [-0.25, -0.2) is 0 Å². The van der Waals surface area contributed by atoms with Crippen LogP contribution in [0.2, 0.25) is 0 Å². The third-order valence-corrected chi connectivity index (χ3v) is 5.36. The van der Waals surface area contributed by atoms with E-state index in [0.717, 1.165) is 29.2 Å². The molecule has 0 unspecified atom stereocenters. The van der Waals surface area contributed by atoms with Gasteiger partial charge in [-0.3, -0.25) is 4.79 Å². The summed E-state index contributed by atoms with van der Waals surface area (Å²) in [5.41, 5.74) is 1.68. The Morgan fingerprint density at radius 2 is 2.14 bits per heavy atom. The van der Waals surface area contributed by atoms with Crippen LogP contribution in [0.5, 0.6) is 0 Å². The van der Waals surface area contributed by atoms with Crippen molar-refractivity contribution in [2.75, 3.05) is 24.7 Å². The van der Waals surface area contributed by atoms with E-state index in [1.54, 1.807) is 0 Å². The van der Waals surface area contributed by atoms with Crippen molar-refractivity contribution in [2.45, 2.75) is 38.7 Å². The number of ether oxygens (including phenoxy) is 2. The van der Waals surface area contributed by atoms with Crippen LogP contribution in [-0.4, -0.2) is 47.3 Å². The third kappa shape index (κ3) is 3.16. The van der Waals surface area contributed by atoms with Crippen molar-refractivity contribution in [1.82, 2.24) is 4.90 Å². The molecule has 0 N–H and O–H groups in total. The first-order valence-corrected chi connectivity index (χ1v) is 8.93. The standard InChI is InChI=1S/C17H23NO3S/c1-12-11-22-9-8-18(12)16(19)14-7-5-4-6-13(14)15-10-20-17(2,3)21-15/h4-7,12,15H,8-11H2,1-3H3/t12-,15+/m0/s1. The fraction of sp³-hybridized carbons (Fsp3) is 0.588. The molecule has 1 aromatic carbocycles. The van der Waals surface area contributed by atoms with E-state index >= 15 is 0 Å². The molecule has 22 heavy (non-hydrogen) atoms. The van der Waals surface area contributed by atoms with Gasteiger partial charge in [0.05, 0.1) is 6.61 Å². The summed E-state index contributed by atoms with van der Waals surface area (Å²) < 4.78 is 11.6. The number of benzene rings is 1. The largest absolute Gasteiger partial charge is 0.347 e. The molecule has 2 heterocycles. The van der Waals surface area contributed by atoms with Crippen molar-refractivity contribution in [2.24, 2.45) is 0 Å². The fourth-order valence-corrected chi connectivity index (χ4v) is 4.01. The Morgan fingerprint density at radius 1 is 1.36 bits per heavy atom. The van der Waals surface area contributed by atoms with Gasteiger partial charge in [-0.1, -0.05) is 18.2 Å². The Bertz CT molecular complexity index is 561. The van der Waals surface area contributed by atoms with Crippen LogP contribution >= 0.6 is 11.8 Å². The molecular weight excluding hydrogens is 298 g/mol. The molecule has 0 aromatic heterocycles. The van der Waals surface area contributed by atoms with E-state index in [1.807, 2.05) is 54.8 Å². The lowest BCUT2D eigenvalue weighted by molar-refractivity contribution is -0.139. The molecule has 0 saturated carbocycles. The second-order valence-corrected chi connectivity index (χ2v) is 7.48. The molecule has 2 aliphatic heterocycles. The highest BCUT2D eigenvalue weighted by Crippen LogP contribution is 2.35. The Kier molecular flexibility index (Phi) is 4.48. The number of thioether (sulfide) groups is 1. The Labute approximate surface area is 136 Å². The van der Waals surface area contributed by atoms with Crippen LogP contribution in [0.1, 0.15) is 42.8 Å². The quantitative estimate of drug-likeness (QED) is 0.839. The van der Waals surface area contributed by atoms with Crippen LogP contribution < -0.4 is 0 Å². The highest BCUT2D eigenvalue weighted by Gasteiger charge is 2.36. The molecular formula is C17H23NO3S. The molecule has 0 aliphatic carbocycles. The molecule has 2 saturated heterocycles. The minimum Gasteiger partial charge on any atom is -0.347 e. The smallest absolute Gasteiger partial charge is 0.254 e. The summed E-state index contributed by atoms with van der Waals surface area (Å²) in [6.45, 7) is 7.23. The van der Waals surface area contributed by atoms with Crippen LogP contribution in [0.25, 0.3) is 0 Å². The average molecular weight is 321 g/mol. The van der Waals surface area contributed by atoms with Gasteiger partial charge in [-0.15, -0.1) is 0 Å². The van der Waals surface area contributed by atoms with Gasteiger partial charge in [-0.2, -0.15) is 11.8 Å². The molecule has 0 bridgehead atoms. The van der Waals surface area contributed by atoms with Gasteiger partial charge in [0.15, 0.2) is 5.79 Å². The minimum atomic E-state index is -0.587. The first-order chi connectivity index (χ1) is 10.5. The molecule has 0 radical (unpaired) electrons. The van der Waals surface area contributed by atoms with Crippen molar-refractivity contribution in [3.63, 3.8) is 0 Å². The summed E-state index contributed by atoms with van der Waals surface area (Å²) in [7, 11) is 0. The number of hydrogen-bond acceptors (Lipinski definition) is 4. The SMILES string of the molecule is C[C@H]1CSCCN1C(=O)c1ccccc1[C@H]1COC(C)(C)O1. The number of carbonyl (C=O) groups excluding carboxylic acids is 1. The summed E-state index contributed by atoms with van der Waals surface area (Å²) in [5.74, 6) is 1.53. The number of rotatable bonds is 2. The Morgan fingerprint density at radius 3 is 2.82 bits per heavy atom. The highest BCUT2D eigenvalue weighted by molar-refractivity contribution is 7.99. The minimum absolute atomic E-state index is 0.108. The first-order valence-electron chi connectivity index (χ1n) is 7.77. The monoisotopic (exact) mass is 321 g/mol. The van der Waals surface area contributed by atoms with Crippen LogP contribution in [0.3, 0.4) is 0 Å². The lowest BCUT2D eigenvalue weighted by Gasteiger charge is -2.33. The number of amides is 1.